The molecule has 0 saturated heterocycles. The molecular weight excluding hydrogens is 496 g/mol. The summed E-state index contributed by atoms with van der Waals surface area (Å²) in [5, 5.41) is 18.4. The molecular formula is C29H38N6O4. The molecule has 0 bridgehead atoms. The number of rotatable bonds is 13. The minimum absolute atomic E-state index is 0.145. The van der Waals surface area contributed by atoms with Crippen molar-refractivity contribution in [1.82, 2.24) is 20.1 Å². The van der Waals surface area contributed by atoms with Gasteiger partial charge in [0.1, 0.15) is 24.5 Å². The van der Waals surface area contributed by atoms with Crippen molar-refractivity contribution in [3.8, 4) is 28.0 Å². The van der Waals surface area contributed by atoms with Crippen molar-refractivity contribution in [2.75, 3.05) is 52.3 Å². The molecule has 0 aliphatic rings. The lowest BCUT2D eigenvalue weighted by molar-refractivity contribution is -0.112. The summed E-state index contributed by atoms with van der Waals surface area (Å²) in [4.78, 5) is 14.2. The summed E-state index contributed by atoms with van der Waals surface area (Å²) in [6.45, 7) is 5.99. The van der Waals surface area contributed by atoms with E-state index in [2.05, 4.69) is 40.5 Å². The highest BCUT2D eigenvalue weighted by Gasteiger charge is 2.16. The van der Waals surface area contributed by atoms with E-state index in [0.29, 0.717) is 38.5 Å². The highest BCUT2D eigenvalue weighted by atomic mass is 16.5. The predicted molar refractivity (Wildman–Crippen MR) is 155 cm³/mol. The molecule has 0 aliphatic heterocycles. The van der Waals surface area contributed by atoms with Gasteiger partial charge in [0.2, 0.25) is 0 Å². The lowest BCUT2D eigenvalue weighted by Crippen LogP contribution is -2.15. The molecule has 0 aliphatic carbocycles. The number of phenols is 1. The van der Waals surface area contributed by atoms with Crippen LogP contribution in [0.5, 0.6) is 5.75 Å². The number of phenolic OH excluding ortho intramolecular Hbond substituents is 1. The molecule has 208 valence electrons. The highest BCUT2D eigenvalue weighted by molar-refractivity contribution is 5.89. The number of pyridine rings is 1. The molecule has 0 fully saturated rings. The molecule has 0 atom stereocenters. The third-order valence-corrected chi connectivity index (χ3v) is 6.07. The largest absolute Gasteiger partial charge is 0.508 e. The maximum absolute atomic E-state index is 9.71. The molecule has 4 aromatic rings. The third kappa shape index (κ3) is 8.08. The van der Waals surface area contributed by atoms with Gasteiger partial charge in [0.05, 0.1) is 38.1 Å². The van der Waals surface area contributed by atoms with Crippen molar-refractivity contribution in [3.63, 3.8) is 0 Å². The van der Waals surface area contributed by atoms with Gasteiger partial charge in [-0.2, -0.15) is 5.10 Å². The second-order valence-corrected chi connectivity index (χ2v) is 8.70. The number of nitrogen functional groups attached to an aromatic ring is 1. The Balaban J connectivity index is 0.000000360. The molecule has 0 spiro atoms. The first-order valence-corrected chi connectivity index (χ1v) is 13.0. The third-order valence-electron chi connectivity index (χ3n) is 6.07. The SMILES string of the molecule is CCc1c(-c2ccc3c(cnn3CCNC)c2)cnc(N)c1-c1ccc(O)cc1.NCCOCCOCC=O. The maximum atomic E-state index is 9.71. The summed E-state index contributed by atoms with van der Waals surface area (Å²) < 4.78 is 11.8. The molecule has 0 saturated carbocycles. The monoisotopic (exact) mass is 534 g/mol. The van der Waals surface area contributed by atoms with Crippen molar-refractivity contribution in [3.05, 3.63) is 60.4 Å². The van der Waals surface area contributed by atoms with E-state index in [1.807, 2.05) is 36.3 Å². The van der Waals surface area contributed by atoms with E-state index >= 15 is 0 Å². The zero-order valence-electron chi connectivity index (χ0n) is 22.6. The van der Waals surface area contributed by atoms with Crippen LogP contribution < -0.4 is 16.8 Å². The number of fused-ring (bicyclic) bond motifs is 1. The number of likely N-dealkylation sites (N-methyl/N-ethyl adjacent to an activating group) is 1. The second-order valence-electron chi connectivity index (χ2n) is 8.70. The van der Waals surface area contributed by atoms with Gasteiger partial charge in [-0.05, 0) is 54.4 Å². The van der Waals surface area contributed by atoms with Gasteiger partial charge in [-0.1, -0.05) is 25.1 Å². The predicted octanol–water partition coefficient (Wildman–Crippen LogP) is 3.01. The molecule has 6 N–H and O–H groups in total. The Kier molecular flexibility index (Phi) is 11.9. The first-order valence-electron chi connectivity index (χ1n) is 13.0. The Morgan fingerprint density at radius 2 is 1.79 bits per heavy atom. The first kappa shape index (κ1) is 29.7. The first-order chi connectivity index (χ1) is 19.0. The van der Waals surface area contributed by atoms with Crippen molar-refractivity contribution >= 4 is 23.0 Å². The van der Waals surface area contributed by atoms with Crippen molar-refractivity contribution in [2.24, 2.45) is 5.73 Å². The van der Waals surface area contributed by atoms with Crippen LogP contribution in [0.4, 0.5) is 5.82 Å². The summed E-state index contributed by atoms with van der Waals surface area (Å²) >= 11 is 0. The fourth-order valence-electron chi connectivity index (χ4n) is 4.22. The van der Waals surface area contributed by atoms with E-state index < -0.39 is 0 Å². The number of aromatic nitrogens is 3. The molecule has 10 heteroatoms. The lowest BCUT2D eigenvalue weighted by Gasteiger charge is -2.16. The van der Waals surface area contributed by atoms with E-state index in [0.717, 1.165) is 58.2 Å². The van der Waals surface area contributed by atoms with Gasteiger partial charge in [-0.25, -0.2) is 4.98 Å². The van der Waals surface area contributed by atoms with Crippen molar-refractivity contribution < 1.29 is 19.4 Å². The minimum Gasteiger partial charge on any atom is -0.508 e. The minimum atomic E-state index is 0.145. The van der Waals surface area contributed by atoms with Gasteiger partial charge >= 0.3 is 0 Å². The molecule has 2 aromatic carbocycles. The number of carbonyl (C=O) groups is 1. The summed E-state index contributed by atoms with van der Waals surface area (Å²) in [7, 11) is 1.94. The number of aldehydes is 1. The fraction of sp³-hybridized carbons (Fsp3) is 0.345. The number of nitrogens with one attached hydrogen (secondary N) is 1. The number of anilines is 1. The zero-order chi connectivity index (χ0) is 28.0. The summed E-state index contributed by atoms with van der Waals surface area (Å²) in [6, 6.07) is 13.5. The molecule has 0 unspecified atom stereocenters. The molecule has 2 heterocycles. The van der Waals surface area contributed by atoms with Gasteiger partial charge in [0, 0.05) is 35.8 Å². The number of hydrogen-bond donors (Lipinski definition) is 4. The summed E-state index contributed by atoms with van der Waals surface area (Å²) in [5.74, 6) is 0.729. The highest BCUT2D eigenvalue weighted by Crippen LogP contribution is 2.37. The van der Waals surface area contributed by atoms with Crippen LogP contribution in [0, 0.1) is 0 Å². The van der Waals surface area contributed by atoms with Crippen molar-refractivity contribution in [2.45, 2.75) is 19.9 Å². The van der Waals surface area contributed by atoms with Crippen LogP contribution in [0.15, 0.2) is 54.9 Å². The van der Waals surface area contributed by atoms with Crippen LogP contribution in [0.2, 0.25) is 0 Å². The fourth-order valence-corrected chi connectivity index (χ4v) is 4.22. The molecule has 2 aromatic heterocycles. The molecule has 0 amide bonds. The molecule has 0 radical (unpaired) electrons. The number of nitrogens with two attached hydrogens (primary N) is 2. The van der Waals surface area contributed by atoms with Crippen LogP contribution in [-0.2, 0) is 27.2 Å². The van der Waals surface area contributed by atoms with E-state index in [1.54, 1.807) is 12.1 Å². The Morgan fingerprint density at radius 3 is 2.49 bits per heavy atom. The van der Waals surface area contributed by atoms with Crippen LogP contribution in [0.1, 0.15) is 12.5 Å². The van der Waals surface area contributed by atoms with E-state index in [-0.39, 0.29) is 12.4 Å². The normalized spacial score (nSPS) is 10.8. The summed E-state index contributed by atoms with van der Waals surface area (Å²) in [5.41, 5.74) is 17.7. The quantitative estimate of drug-likeness (QED) is 0.150. The molecule has 39 heavy (non-hydrogen) atoms. The van der Waals surface area contributed by atoms with Gasteiger partial charge in [0.25, 0.3) is 0 Å². The number of carbonyl (C=O) groups excluding carboxylic acids is 1. The maximum Gasteiger partial charge on any atom is 0.145 e. The average Bonchev–Trinajstić information content (AvgIpc) is 3.36. The average molecular weight is 535 g/mol. The van der Waals surface area contributed by atoms with Gasteiger partial charge in [-0.3, -0.25) is 4.68 Å². The number of hydrogen-bond acceptors (Lipinski definition) is 9. The number of benzene rings is 2. The van der Waals surface area contributed by atoms with Gasteiger partial charge in [-0.15, -0.1) is 0 Å². The molecule has 4 rings (SSSR count). The van der Waals surface area contributed by atoms with Gasteiger partial charge in [0.15, 0.2) is 0 Å². The van der Waals surface area contributed by atoms with Gasteiger partial charge < -0.3 is 36.2 Å². The molecule has 10 nitrogen and oxygen atoms in total. The summed E-state index contributed by atoms with van der Waals surface area (Å²) in [6.07, 6.45) is 5.29. The Morgan fingerprint density at radius 1 is 1.05 bits per heavy atom. The Hall–Kier alpha value is -3.83. The Bertz CT molecular complexity index is 1320. The van der Waals surface area contributed by atoms with E-state index in [9.17, 15) is 9.90 Å². The van der Waals surface area contributed by atoms with Crippen LogP contribution in [0.3, 0.4) is 0 Å². The van der Waals surface area contributed by atoms with Crippen LogP contribution in [-0.4, -0.2) is 72.7 Å². The van der Waals surface area contributed by atoms with Crippen molar-refractivity contribution in [1.29, 1.82) is 0 Å². The number of aromatic hydroxyl groups is 1. The topological polar surface area (TPSA) is 151 Å². The standard InChI is InChI=1S/C23H25N5O.C6H13NO3/c1-3-19-20(14-26-23(24)22(19)15-4-7-18(29)8-5-15)16-6-9-21-17(12-16)13-27-28(21)11-10-25-2;7-1-3-9-5-6-10-4-2-8/h4-9,12-14,25,29H,3,10-11H2,1-2H3,(H2,24,26);2H,1,3-7H2. The number of ether oxygens (including phenoxy) is 2. The van der Waals surface area contributed by atoms with E-state index in [4.69, 9.17) is 20.9 Å². The smallest absolute Gasteiger partial charge is 0.145 e. The zero-order valence-corrected chi connectivity index (χ0v) is 22.6. The lowest BCUT2D eigenvalue weighted by atomic mass is 9.91. The Labute approximate surface area is 228 Å². The van der Waals surface area contributed by atoms with Crippen LogP contribution >= 0.6 is 0 Å². The second kappa shape index (κ2) is 15.6. The number of nitrogens with zero attached hydrogens (tertiary/aromatic N) is 3. The van der Waals surface area contributed by atoms with E-state index in [1.165, 1.54) is 0 Å². The van der Waals surface area contributed by atoms with Crippen LogP contribution in [0.25, 0.3) is 33.2 Å².